The molecular weight excluding hydrogens is 300 g/mol. The predicted molar refractivity (Wildman–Crippen MR) is 86.6 cm³/mol. The van der Waals surface area contributed by atoms with Gasteiger partial charge in [-0.25, -0.2) is 4.79 Å². The molecule has 0 saturated carbocycles. The average Bonchev–Trinajstić information content (AvgIpc) is 2.94. The maximum atomic E-state index is 12.7. The van der Waals surface area contributed by atoms with E-state index < -0.39 is 5.97 Å². The van der Waals surface area contributed by atoms with Gasteiger partial charge >= 0.3 is 5.97 Å². The van der Waals surface area contributed by atoms with Crippen LogP contribution in [0.2, 0.25) is 0 Å². The van der Waals surface area contributed by atoms with Crippen LogP contribution in [-0.4, -0.2) is 29.4 Å². The molecular formula is C16H18N2O3S. The number of hydrogen-bond donors (Lipinski definition) is 0. The summed E-state index contributed by atoms with van der Waals surface area (Å²) in [6, 6.07) is 6.98. The predicted octanol–water partition coefficient (Wildman–Crippen LogP) is 3.29. The first-order valence-corrected chi connectivity index (χ1v) is 7.92. The summed E-state index contributed by atoms with van der Waals surface area (Å²) in [6.45, 7) is 6.17. The van der Waals surface area contributed by atoms with Crippen LogP contribution in [0.3, 0.4) is 0 Å². The minimum Gasteiger partial charge on any atom is -0.462 e. The topological polar surface area (TPSA) is 59.5 Å². The summed E-state index contributed by atoms with van der Waals surface area (Å²) in [4.78, 5) is 26.4. The van der Waals surface area contributed by atoms with Gasteiger partial charge in [-0.15, -0.1) is 0 Å². The average molecular weight is 318 g/mol. The fourth-order valence-corrected chi connectivity index (χ4v) is 2.84. The van der Waals surface area contributed by atoms with E-state index in [4.69, 9.17) is 4.74 Å². The minimum absolute atomic E-state index is 0.162. The maximum absolute atomic E-state index is 12.7. The molecule has 0 atom stereocenters. The molecule has 0 aliphatic rings. The van der Waals surface area contributed by atoms with Crippen LogP contribution in [0.4, 0.5) is 5.69 Å². The van der Waals surface area contributed by atoms with Crippen LogP contribution in [0, 0.1) is 6.92 Å². The Morgan fingerprint density at radius 2 is 1.95 bits per heavy atom. The third-order valence-electron chi connectivity index (χ3n) is 3.23. The number of carbonyl (C=O) groups is 2. The standard InChI is InChI=1S/C16H18N2O3S/c1-4-18(15(19)13-10-22-17-11(13)3)14-9-7-6-8-12(14)16(20)21-5-2/h6-10H,4-5H2,1-3H3. The van der Waals surface area contributed by atoms with Crippen LogP contribution in [0.15, 0.2) is 29.6 Å². The lowest BCUT2D eigenvalue weighted by Crippen LogP contribution is -2.32. The Labute approximate surface area is 133 Å². The monoisotopic (exact) mass is 318 g/mol. The van der Waals surface area contributed by atoms with Gasteiger partial charge in [0.2, 0.25) is 0 Å². The number of rotatable bonds is 5. The van der Waals surface area contributed by atoms with Gasteiger partial charge in [0.15, 0.2) is 0 Å². The van der Waals surface area contributed by atoms with Gasteiger partial charge in [0.1, 0.15) is 0 Å². The number of aryl methyl sites for hydroxylation is 1. The molecule has 5 nitrogen and oxygen atoms in total. The quantitative estimate of drug-likeness (QED) is 0.794. The van der Waals surface area contributed by atoms with Crippen molar-refractivity contribution in [1.82, 2.24) is 4.37 Å². The molecule has 0 aliphatic carbocycles. The molecule has 0 bridgehead atoms. The van der Waals surface area contributed by atoms with Crippen LogP contribution in [0.25, 0.3) is 0 Å². The van der Waals surface area contributed by atoms with Crippen molar-refractivity contribution >= 4 is 29.1 Å². The molecule has 2 aromatic rings. The Morgan fingerprint density at radius 1 is 1.23 bits per heavy atom. The Balaban J connectivity index is 2.42. The van der Waals surface area contributed by atoms with Crippen LogP contribution < -0.4 is 4.90 Å². The Morgan fingerprint density at radius 3 is 2.55 bits per heavy atom. The van der Waals surface area contributed by atoms with E-state index in [2.05, 4.69) is 4.37 Å². The van der Waals surface area contributed by atoms with E-state index in [9.17, 15) is 9.59 Å². The number of para-hydroxylation sites is 1. The molecule has 0 saturated heterocycles. The molecule has 2 rings (SSSR count). The van der Waals surface area contributed by atoms with Crippen LogP contribution in [0.1, 0.15) is 40.3 Å². The zero-order valence-corrected chi connectivity index (χ0v) is 13.6. The second-order valence-corrected chi connectivity index (χ2v) is 5.23. The fraction of sp³-hybridized carbons (Fsp3) is 0.312. The lowest BCUT2D eigenvalue weighted by Gasteiger charge is -2.23. The first-order chi connectivity index (χ1) is 10.6. The fourth-order valence-electron chi connectivity index (χ4n) is 2.16. The number of hydrogen-bond acceptors (Lipinski definition) is 5. The number of esters is 1. The first-order valence-electron chi connectivity index (χ1n) is 7.09. The van der Waals surface area contributed by atoms with Crippen molar-refractivity contribution in [3.8, 4) is 0 Å². The van der Waals surface area contributed by atoms with Crippen molar-refractivity contribution in [2.24, 2.45) is 0 Å². The van der Waals surface area contributed by atoms with Gasteiger partial charge in [0.05, 0.1) is 29.1 Å². The molecule has 1 aromatic carbocycles. The van der Waals surface area contributed by atoms with Crippen molar-refractivity contribution in [3.63, 3.8) is 0 Å². The van der Waals surface area contributed by atoms with Gasteiger partial charge in [0.25, 0.3) is 5.91 Å². The molecule has 0 fully saturated rings. The third-order valence-corrected chi connectivity index (χ3v) is 3.95. The second-order valence-electron chi connectivity index (χ2n) is 4.60. The summed E-state index contributed by atoms with van der Waals surface area (Å²) >= 11 is 1.25. The van der Waals surface area contributed by atoms with E-state index in [1.807, 2.05) is 6.92 Å². The molecule has 116 valence electrons. The zero-order valence-electron chi connectivity index (χ0n) is 12.8. The molecule has 0 spiro atoms. The van der Waals surface area contributed by atoms with Gasteiger partial charge in [-0.3, -0.25) is 4.79 Å². The van der Waals surface area contributed by atoms with E-state index in [1.54, 1.807) is 48.4 Å². The number of aromatic nitrogens is 1. The number of carbonyl (C=O) groups excluding carboxylic acids is 2. The highest BCUT2D eigenvalue weighted by Gasteiger charge is 2.23. The van der Waals surface area contributed by atoms with Crippen LogP contribution in [-0.2, 0) is 4.74 Å². The van der Waals surface area contributed by atoms with Crippen molar-refractivity contribution in [3.05, 3.63) is 46.5 Å². The highest BCUT2D eigenvalue weighted by atomic mass is 32.1. The van der Waals surface area contributed by atoms with Gasteiger partial charge in [-0.1, -0.05) is 12.1 Å². The minimum atomic E-state index is -0.426. The van der Waals surface area contributed by atoms with E-state index in [-0.39, 0.29) is 5.91 Å². The van der Waals surface area contributed by atoms with Gasteiger partial charge in [-0.2, -0.15) is 4.37 Å². The van der Waals surface area contributed by atoms with Crippen molar-refractivity contribution < 1.29 is 14.3 Å². The number of nitrogens with zero attached hydrogens (tertiary/aromatic N) is 2. The van der Waals surface area contributed by atoms with Gasteiger partial charge in [0, 0.05) is 11.9 Å². The lowest BCUT2D eigenvalue weighted by atomic mass is 10.1. The smallest absolute Gasteiger partial charge is 0.340 e. The number of ether oxygens (including phenoxy) is 1. The molecule has 6 heteroatoms. The molecule has 22 heavy (non-hydrogen) atoms. The molecule has 0 unspecified atom stereocenters. The van der Waals surface area contributed by atoms with E-state index in [0.717, 1.165) is 0 Å². The Hall–Kier alpha value is -2.21. The lowest BCUT2D eigenvalue weighted by molar-refractivity contribution is 0.0527. The Kier molecular flexibility index (Phi) is 5.27. The maximum Gasteiger partial charge on any atom is 0.340 e. The molecule has 1 heterocycles. The number of benzene rings is 1. The van der Waals surface area contributed by atoms with Crippen molar-refractivity contribution in [2.75, 3.05) is 18.1 Å². The summed E-state index contributed by atoms with van der Waals surface area (Å²) in [6.07, 6.45) is 0. The van der Waals surface area contributed by atoms with Gasteiger partial charge in [-0.05, 0) is 44.4 Å². The highest BCUT2D eigenvalue weighted by Crippen LogP contribution is 2.24. The van der Waals surface area contributed by atoms with Crippen LogP contribution in [0.5, 0.6) is 0 Å². The summed E-state index contributed by atoms with van der Waals surface area (Å²) in [5, 5.41) is 1.73. The molecule has 1 aromatic heterocycles. The SMILES string of the molecule is CCOC(=O)c1ccccc1N(CC)C(=O)c1csnc1C. The summed E-state index contributed by atoms with van der Waals surface area (Å²) in [5.74, 6) is -0.588. The summed E-state index contributed by atoms with van der Waals surface area (Å²) in [7, 11) is 0. The van der Waals surface area contributed by atoms with Crippen LogP contribution >= 0.6 is 11.5 Å². The summed E-state index contributed by atoms with van der Waals surface area (Å²) < 4.78 is 9.21. The third kappa shape index (κ3) is 3.17. The second kappa shape index (κ2) is 7.17. The summed E-state index contributed by atoms with van der Waals surface area (Å²) in [5.41, 5.74) is 2.20. The number of anilines is 1. The zero-order chi connectivity index (χ0) is 16.1. The molecule has 0 radical (unpaired) electrons. The normalized spacial score (nSPS) is 10.3. The van der Waals surface area contributed by atoms with E-state index in [0.29, 0.717) is 35.7 Å². The van der Waals surface area contributed by atoms with Gasteiger partial charge < -0.3 is 9.64 Å². The highest BCUT2D eigenvalue weighted by molar-refractivity contribution is 7.04. The van der Waals surface area contributed by atoms with Crippen molar-refractivity contribution in [2.45, 2.75) is 20.8 Å². The largest absolute Gasteiger partial charge is 0.462 e. The first kappa shape index (κ1) is 16.2. The molecule has 0 N–H and O–H groups in total. The van der Waals surface area contributed by atoms with E-state index in [1.165, 1.54) is 11.5 Å². The Bertz CT molecular complexity index is 682. The number of amides is 1. The van der Waals surface area contributed by atoms with Crippen molar-refractivity contribution in [1.29, 1.82) is 0 Å². The molecule has 1 amide bonds. The van der Waals surface area contributed by atoms with E-state index >= 15 is 0 Å². The molecule has 0 aliphatic heterocycles.